The molecule has 2 heterocycles. The Morgan fingerprint density at radius 3 is 2.46 bits per heavy atom. The number of aromatic amines is 2. The first-order valence-electron chi connectivity index (χ1n) is 4.24. The molecule has 1 fully saturated rings. The van der Waals surface area contributed by atoms with Gasteiger partial charge in [0.05, 0.1) is 0 Å². The minimum atomic E-state index is -0.369. The molecule has 1 aromatic heterocycles. The first kappa shape index (κ1) is 8.18. The number of hydrogen-bond donors (Lipinski definition) is 4. The van der Waals surface area contributed by atoms with Gasteiger partial charge in [-0.25, -0.2) is 4.79 Å². The molecule has 0 aliphatic carbocycles. The maximum atomic E-state index is 10.8. The van der Waals surface area contributed by atoms with Crippen molar-refractivity contribution in [1.29, 1.82) is 0 Å². The molecule has 1 aliphatic heterocycles. The molecule has 13 heavy (non-hydrogen) atoms. The Morgan fingerprint density at radius 2 is 1.92 bits per heavy atom. The third-order valence-corrected chi connectivity index (χ3v) is 2.12. The lowest BCUT2D eigenvalue weighted by molar-refractivity contribution is 0.452. The van der Waals surface area contributed by atoms with Crippen molar-refractivity contribution in [2.45, 2.75) is 0 Å². The number of anilines is 1. The van der Waals surface area contributed by atoms with E-state index in [1.165, 1.54) is 0 Å². The van der Waals surface area contributed by atoms with Crippen LogP contribution in [-0.2, 0) is 0 Å². The number of piperazine rings is 1. The number of rotatable bonds is 1. The molecule has 1 aromatic rings. The summed E-state index contributed by atoms with van der Waals surface area (Å²) in [4.78, 5) is 17.6. The van der Waals surface area contributed by atoms with Crippen LogP contribution in [0.3, 0.4) is 0 Å². The van der Waals surface area contributed by atoms with Crippen molar-refractivity contribution < 1.29 is 5.11 Å². The molecule has 4 N–H and O–H groups in total. The highest BCUT2D eigenvalue weighted by Gasteiger charge is 2.16. The largest absolute Gasteiger partial charge is 0.492 e. The van der Waals surface area contributed by atoms with Crippen LogP contribution in [0.2, 0.25) is 0 Å². The second kappa shape index (κ2) is 3.14. The van der Waals surface area contributed by atoms with Crippen molar-refractivity contribution >= 4 is 5.82 Å². The first-order chi connectivity index (χ1) is 6.27. The average molecular weight is 184 g/mol. The molecule has 72 valence electrons. The highest BCUT2D eigenvalue weighted by molar-refractivity contribution is 5.47. The molecule has 0 spiro atoms. The van der Waals surface area contributed by atoms with Gasteiger partial charge in [0.1, 0.15) is 0 Å². The summed E-state index contributed by atoms with van der Waals surface area (Å²) in [6.07, 6.45) is 0. The molecule has 0 radical (unpaired) electrons. The van der Waals surface area contributed by atoms with Crippen LogP contribution in [0.1, 0.15) is 0 Å². The van der Waals surface area contributed by atoms with Crippen molar-refractivity contribution in [3.05, 3.63) is 10.5 Å². The van der Waals surface area contributed by atoms with Gasteiger partial charge in [0.15, 0.2) is 5.82 Å². The SMILES string of the molecule is O=c1[nH]c(O)c(N2CCNCC2)[nH]1. The predicted octanol–water partition coefficient (Wildman–Crippen LogP) is -1.18. The number of H-pyrrole nitrogens is 2. The van der Waals surface area contributed by atoms with Crippen molar-refractivity contribution in [2.75, 3.05) is 31.1 Å². The maximum absolute atomic E-state index is 10.8. The molecular formula is C7H12N4O2. The normalized spacial score (nSPS) is 17.7. The summed E-state index contributed by atoms with van der Waals surface area (Å²) in [5, 5.41) is 12.5. The van der Waals surface area contributed by atoms with Crippen LogP contribution < -0.4 is 15.9 Å². The zero-order valence-corrected chi connectivity index (χ0v) is 7.13. The van der Waals surface area contributed by atoms with Crippen molar-refractivity contribution in [1.82, 2.24) is 15.3 Å². The molecule has 0 saturated carbocycles. The van der Waals surface area contributed by atoms with Gasteiger partial charge in [-0.05, 0) is 0 Å². The quantitative estimate of drug-likeness (QED) is 0.442. The van der Waals surface area contributed by atoms with Gasteiger partial charge in [0.25, 0.3) is 0 Å². The number of hydrogen-bond acceptors (Lipinski definition) is 4. The Balaban J connectivity index is 2.23. The van der Waals surface area contributed by atoms with Crippen LogP contribution in [0, 0.1) is 0 Å². The molecule has 0 amide bonds. The van der Waals surface area contributed by atoms with Gasteiger partial charge in [0.2, 0.25) is 5.88 Å². The van der Waals surface area contributed by atoms with E-state index < -0.39 is 0 Å². The molecule has 6 nitrogen and oxygen atoms in total. The second-order valence-electron chi connectivity index (χ2n) is 3.01. The van der Waals surface area contributed by atoms with Crippen molar-refractivity contribution in [2.24, 2.45) is 0 Å². The summed E-state index contributed by atoms with van der Waals surface area (Å²) in [7, 11) is 0. The smallest absolute Gasteiger partial charge is 0.327 e. The Kier molecular flexibility index (Phi) is 1.97. The van der Waals surface area contributed by atoms with Crippen LogP contribution in [-0.4, -0.2) is 41.3 Å². The van der Waals surface area contributed by atoms with Crippen LogP contribution in [0.15, 0.2) is 4.79 Å². The molecule has 1 saturated heterocycles. The molecule has 2 rings (SSSR count). The Labute approximate surface area is 74.6 Å². The monoisotopic (exact) mass is 184 g/mol. The van der Waals surface area contributed by atoms with Crippen LogP contribution >= 0.6 is 0 Å². The van der Waals surface area contributed by atoms with E-state index in [4.69, 9.17) is 0 Å². The average Bonchev–Trinajstić information content (AvgIpc) is 2.47. The van der Waals surface area contributed by atoms with E-state index in [1.807, 2.05) is 4.90 Å². The van der Waals surface area contributed by atoms with E-state index in [1.54, 1.807) is 0 Å². The third kappa shape index (κ3) is 1.52. The first-order valence-corrected chi connectivity index (χ1v) is 4.24. The summed E-state index contributed by atoms with van der Waals surface area (Å²) in [6.45, 7) is 3.32. The molecule has 0 aromatic carbocycles. The molecular weight excluding hydrogens is 172 g/mol. The summed E-state index contributed by atoms with van der Waals surface area (Å²) in [5.74, 6) is 0.415. The Bertz CT molecular complexity index is 337. The van der Waals surface area contributed by atoms with E-state index in [2.05, 4.69) is 15.3 Å². The minimum Gasteiger partial charge on any atom is -0.492 e. The summed E-state index contributed by atoms with van der Waals surface area (Å²) < 4.78 is 0. The van der Waals surface area contributed by atoms with E-state index in [-0.39, 0.29) is 11.6 Å². The van der Waals surface area contributed by atoms with E-state index in [9.17, 15) is 9.90 Å². The minimum absolute atomic E-state index is 0.0769. The fourth-order valence-electron chi connectivity index (χ4n) is 1.48. The van der Waals surface area contributed by atoms with Gasteiger partial charge in [-0.15, -0.1) is 0 Å². The summed E-state index contributed by atoms with van der Waals surface area (Å²) >= 11 is 0. The zero-order valence-electron chi connectivity index (χ0n) is 7.13. The fraction of sp³-hybridized carbons (Fsp3) is 0.571. The van der Waals surface area contributed by atoms with Crippen LogP contribution in [0.25, 0.3) is 0 Å². The predicted molar refractivity (Wildman–Crippen MR) is 48.2 cm³/mol. The van der Waals surface area contributed by atoms with Gasteiger partial charge in [0, 0.05) is 26.2 Å². The Morgan fingerprint density at radius 1 is 1.23 bits per heavy atom. The summed E-state index contributed by atoms with van der Waals surface area (Å²) in [6, 6.07) is 0. The highest BCUT2D eigenvalue weighted by atomic mass is 16.3. The van der Waals surface area contributed by atoms with E-state index in [0.29, 0.717) is 5.82 Å². The van der Waals surface area contributed by atoms with Crippen LogP contribution in [0.4, 0.5) is 5.82 Å². The lowest BCUT2D eigenvalue weighted by atomic mass is 10.4. The second-order valence-corrected chi connectivity index (χ2v) is 3.01. The van der Waals surface area contributed by atoms with Gasteiger partial charge in [-0.2, -0.15) is 0 Å². The molecule has 0 atom stereocenters. The Hall–Kier alpha value is -1.43. The fourth-order valence-corrected chi connectivity index (χ4v) is 1.48. The number of imidazole rings is 1. The number of aromatic hydroxyl groups is 1. The van der Waals surface area contributed by atoms with E-state index in [0.717, 1.165) is 26.2 Å². The van der Waals surface area contributed by atoms with Crippen molar-refractivity contribution in [3.8, 4) is 5.88 Å². The van der Waals surface area contributed by atoms with Gasteiger partial charge >= 0.3 is 5.69 Å². The molecule has 1 aliphatic rings. The van der Waals surface area contributed by atoms with Gasteiger partial charge in [-0.3, -0.25) is 9.97 Å². The lowest BCUT2D eigenvalue weighted by Crippen LogP contribution is -2.43. The van der Waals surface area contributed by atoms with E-state index >= 15 is 0 Å². The maximum Gasteiger partial charge on any atom is 0.327 e. The molecule has 6 heteroatoms. The number of aromatic nitrogens is 2. The highest BCUT2D eigenvalue weighted by Crippen LogP contribution is 2.19. The zero-order chi connectivity index (χ0) is 9.26. The van der Waals surface area contributed by atoms with Gasteiger partial charge in [-0.1, -0.05) is 0 Å². The standard InChI is InChI=1S/C7H12N4O2/c12-6-5(9-7(13)10-6)11-3-1-8-2-4-11/h8,12H,1-4H2,(H2,9,10,13). The number of nitrogens with zero attached hydrogens (tertiary/aromatic N) is 1. The number of nitrogens with one attached hydrogen (secondary N) is 3. The third-order valence-electron chi connectivity index (χ3n) is 2.12. The summed E-state index contributed by atoms with van der Waals surface area (Å²) in [5.41, 5.74) is -0.369. The van der Waals surface area contributed by atoms with Crippen LogP contribution in [0.5, 0.6) is 5.88 Å². The van der Waals surface area contributed by atoms with Crippen molar-refractivity contribution in [3.63, 3.8) is 0 Å². The lowest BCUT2D eigenvalue weighted by Gasteiger charge is -2.27. The van der Waals surface area contributed by atoms with Gasteiger partial charge < -0.3 is 15.3 Å². The molecule has 0 unspecified atom stereocenters. The molecule has 0 bridgehead atoms. The topological polar surface area (TPSA) is 84.2 Å².